The molecule has 8 nitrogen and oxygen atoms in total. The minimum absolute atomic E-state index is 0.105. The summed E-state index contributed by atoms with van der Waals surface area (Å²) < 4.78 is 24.4. The average Bonchev–Trinajstić information content (AvgIpc) is 3.02. The molecule has 1 aromatic carbocycles. The van der Waals surface area contributed by atoms with Crippen molar-refractivity contribution < 1.29 is 13.2 Å². The number of nitrogens with zero attached hydrogens (tertiary/aromatic N) is 2. The van der Waals surface area contributed by atoms with Crippen LogP contribution in [-0.2, 0) is 10.0 Å². The third-order valence-corrected chi connectivity index (χ3v) is 5.47. The number of carbonyl (C=O) groups is 1. The Morgan fingerprint density at radius 2 is 2.25 bits per heavy atom. The van der Waals surface area contributed by atoms with Crippen molar-refractivity contribution in [1.82, 2.24) is 19.8 Å². The Bertz CT molecular complexity index is 938. The molecule has 2 N–H and O–H groups in total. The van der Waals surface area contributed by atoms with Crippen LogP contribution in [0.15, 0.2) is 29.2 Å². The molecule has 2 aromatic rings. The van der Waals surface area contributed by atoms with Gasteiger partial charge in [0.25, 0.3) is 11.5 Å². The first-order chi connectivity index (χ1) is 11.3. The summed E-state index contributed by atoms with van der Waals surface area (Å²) >= 11 is 0. The molecular weight excluding hydrogens is 332 g/mol. The second-order valence-electron chi connectivity index (χ2n) is 5.99. The Hall–Kier alpha value is -2.26. The second kappa shape index (κ2) is 6.33. The van der Waals surface area contributed by atoms with Gasteiger partial charge in [-0.05, 0) is 30.5 Å². The molecule has 1 aromatic heterocycles. The van der Waals surface area contributed by atoms with Crippen molar-refractivity contribution in [3.8, 4) is 0 Å². The standard InChI is InChI=1S/C15H18N4O4S/c1-24(22,23)19-5-4-10(9-19)7-16-14(20)11-2-3-13-12(6-11)8-17-18-15(13)21/h2-3,6,8,10H,4-5,7,9H2,1H3,(H,16,20)(H,18,21). The lowest BCUT2D eigenvalue weighted by Gasteiger charge is -2.14. The number of benzene rings is 1. The fourth-order valence-corrected chi connectivity index (χ4v) is 3.76. The molecule has 1 atom stereocenters. The normalized spacial score (nSPS) is 18.8. The fourth-order valence-electron chi connectivity index (χ4n) is 2.84. The smallest absolute Gasteiger partial charge is 0.272 e. The van der Waals surface area contributed by atoms with Crippen LogP contribution in [0.4, 0.5) is 0 Å². The van der Waals surface area contributed by atoms with Crippen LogP contribution in [-0.4, -0.2) is 54.7 Å². The number of aromatic amines is 1. The molecule has 2 heterocycles. The topological polar surface area (TPSA) is 112 Å². The lowest BCUT2D eigenvalue weighted by molar-refractivity contribution is 0.0948. The van der Waals surface area contributed by atoms with Gasteiger partial charge < -0.3 is 5.32 Å². The van der Waals surface area contributed by atoms with E-state index in [2.05, 4.69) is 15.5 Å². The van der Waals surface area contributed by atoms with E-state index in [0.29, 0.717) is 36.0 Å². The summed E-state index contributed by atoms with van der Waals surface area (Å²) in [7, 11) is -3.17. The highest BCUT2D eigenvalue weighted by atomic mass is 32.2. The van der Waals surface area contributed by atoms with E-state index in [4.69, 9.17) is 0 Å². The predicted octanol–water partition coefficient (Wildman–Crippen LogP) is -0.0656. The quantitative estimate of drug-likeness (QED) is 0.802. The molecule has 1 aliphatic heterocycles. The molecule has 0 saturated carbocycles. The summed E-state index contributed by atoms with van der Waals surface area (Å²) in [4.78, 5) is 23.9. The van der Waals surface area contributed by atoms with Crippen molar-refractivity contribution in [1.29, 1.82) is 0 Å². The summed E-state index contributed by atoms with van der Waals surface area (Å²) in [6, 6.07) is 4.79. The van der Waals surface area contributed by atoms with E-state index < -0.39 is 10.0 Å². The highest BCUT2D eigenvalue weighted by Gasteiger charge is 2.28. The monoisotopic (exact) mass is 350 g/mol. The molecule has 128 valence electrons. The van der Waals surface area contributed by atoms with E-state index in [9.17, 15) is 18.0 Å². The molecule has 1 aliphatic rings. The molecule has 1 fully saturated rings. The van der Waals surface area contributed by atoms with Gasteiger partial charge in [-0.25, -0.2) is 17.8 Å². The number of aromatic nitrogens is 2. The van der Waals surface area contributed by atoms with Gasteiger partial charge in [0.15, 0.2) is 0 Å². The van der Waals surface area contributed by atoms with E-state index in [-0.39, 0.29) is 17.4 Å². The summed E-state index contributed by atoms with van der Waals surface area (Å²) in [6.45, 7) is 1.33. The molecule has 0 radical (unpaired) electrons. The first-order valence-electron chi connectivity index (χ1n) is 7.55. The van der Waals surface area contributed by atoms with Crippen LogP contribution >= 0.6 is 0 Å². The summed E-state index contributed by atoms with van der Waals surface area (Å²) in [5.41, 5.74) is 0.138. The number of nitrogens with one attached hydrogen (secondary N) is 2. The Morgan fingerprint density at radius 3 is 2.96 bits per heavy atom. The third-order valence-electron chi connectivity index (χ3n) is 4.20. The van der Waals surface area contributed by atoms with Crippen LogP contribution in [0.1, 0.15) is 16.8 Å². The van der Waals surface area contributed by atoms with E-state index in [1.54, 1.807) is 18.2 Å². The van der Waals surface area contributed by atoms with E-state index in [1.807, 2.05) is 0 Å². The number of fused-ring (bicyclic) bond motifs is 1. The fraction of sp³-hybridized carbons (Fsp3) is 0.400. The number of H-pyrrole nitrogens is 1. The van der Waals surface area contributed by atoms with Gasteiger partial charge in [0.2, 0.25) is 10.0 Å². The maximum atomic E-state index is 12.3. The molecule has 1 unspecified atom stereocenters. The predicted molar refractivity (Wildman–Crippen MR) is 89.2 cm³/mol. The minimum atomic E-state index is -3.17. The number of sulfonamides is 1. The van der Waals surface area contributed by atoms with Gasteiger partial charge in [-0.1, -0.05) is 0 Å². The molecule has 1 saturated heterocycles. The van der Waals surface area contributed by atoms with E-state index in [1.165, 1.54) is 16.8 Å². The zero-order valence-corrected chi connectivity index (χ0v) is 14.0. The Labute approximate surface area is 138 Å². The maximum Gasteiger partial charge on any atom is 0.272 e. The van der Waals surface area contributed by atoms with Crippen molar-refractivity contribution in [2.75, 3.05) is 25.9 Å². The van der Waals surface area contributed by atoms with E-state index >= 15 is 0 Å². The first-order valence-corrected chi connectivity index (χ1v) is 9.40. The lowest BCUT2D eigenvalue weighted by atomic mass is 10.1. The Morgan fingerprint density at radius 1 is 1.46 bits per heavy atom. The first kappa shape index (κ1) is 16.6. The maximum absolute atomic E-state index is 12.3. The van der Waals surface area contributed by atoms with Gasteiger partial charge in [-0.15, -0.1) is 0 Å². The zero-order chi connectivity index (χ0) is 17.3. The number of amides is 1. The van der Waals surface area contributed by atoms with Crippen LogP contribution in [0, 0.1) is 5.92 Å². The highest BCUT2D eigenvalue weighted by Crippen LogP contribution is 2.18. The van der Waals surface area contributed by atoms with E-state index in [0.717, 1.165) is 6.42 Å². The molecular formula is C15H18N4O4S. The molecule has 3 rings (SSSR count). The minimum Gasteiger partial charge on any atom is -0.352 e. The zero-order valence-electron chi connectivity index (χ0n) is 13.2. The van der Waals surface area contributed by atoms with Crippen molar-refractivity contribution in [2.24, 2.45) is 5.92 Å². The van der Waals surface area contributed by atoms with Crippen molar-refractivity contribution in [2.45, 2.75) is 6.42 Å². The molecule has 0 aliphatic carbocycles. The lowest BCUT2D eigenvalue weighted by Crippen LogP contribution is -2.32. The van der Waals surface area contributed by atoms with Crippen LogP contribution in [0.3, 0.4) is 0 Å². The summed E-state index contributed by atoms with van der Waals surface area (Å²) in [5, 5.41) is 9.95. The van der Waals surface area contributed by atoms with Crippen molar-refractivity contribution in [3.05, 3.63) is 40.3 Å². The van der Waals surface area contributed by atoms with Crippen LogP contribution in [0.25, 0.3) is 10.8 Å². The average molecular weight is 350 g/mol. The summed E-state index contributed by atoms with van der Waals surface area (Å²) in [6.07, 6.45) is 3.41. The largest absolute Gasteiger partial charge is 0.352 e. The van der Waals surface area contributed by atoms with Crippen molar-refractivity contribution in [3.63, 3.8) is 0 Å². The van der Waals surface area contributed by atoms with Crippen LogP contribution in [0.2, 0.25) is 0 Å². The molecule has 0 bridgehead atoms. The molecule has 9 heteroatoms. The number of hydrogen-bond donors (Lipinski definition) is 2. The molecule has 0 spiro atoms. The highest BCUT2D eigenvalue weighted by molar-refractivity contribution is 7.88. The number of rotatable bonds is 4. The Balaban J connectivity index is 1.65. The van der Waals surface area contributed by atoms with Gasteiger partial charge in [-0.2, -0.15) is 5.10 Å². The van der Waals surface area contributed by atoms with Gasteiger partial charge in [-0.3, -0.25) is 9.59 Å². The second-order valence-corrected chi connectivity index (χ2v) is 7.97. The Kier molecular flexibility index (Phi) is 4.37. The van der Waals surface area contributed by atoms with Crippen LogP contribution < -0.4 is 10.9 Å². The molecule has 24 heavy (non-hydrogen) atoms. The van der Waals surface area contributed by atoms with Gasteiger partial charge in [0, 0.05) is 30.6 Å². The number of carbonyl (C=O) groups excluding carboxylic acids is 1. The van der Waals surface area contributed by atoms with Gasteiger partial charge in [0.1, 0.15) is 0 Å². The SMILES string of the molecule is CS(=O)(=O)N1CCC(CNC(=O)c2ccc3c(=O)[nH]ncc3c2)C1. The number of hydrogen-bond acceptors (Lipinski definition) is 5. The van der Waals surface area contributed by atoms with Crippen molar-refractivity contribution >= 4 is 26.7 Å². The van der Waals surface area contributed by atoms with Gasteiger partial charge >= 0.3 is 0 Å². The third kappa shape index (κ3) is 3.46. The van der Waals surface area contributed by atoms with Crippen LogP contribution in [0.5, 0.6) is 0 Å². The van der Waals surface area contributed by atoms with Gasteiger partial charge in [0.05, 0.1) is 17.8 Å². The molecule has 1 amide bonds. The summed E-state index contributed by atoms with van der Waals surface area (Å²) in [5.74, 6) is -0.149.